The van der Waals surface area contributed by atoms with Crippen LogP contribution in [0.25, 0.3) is 0 Å². The second-order valence-corrected chi connectivity index (χ2v) is 6.88. The average molecular weight is 314 g/mol. The van der Waals surface area contributed by atoms with Gasteiger partial charge in [0.1, 0.15) is 0 Å². The minimum Gasteiger partial charge on any atom is -0.354 e. The Labute approximate surface area is 131 Å². The van der Waals surface area contributed by atoms with Crippen molar-refractivity contribution in [1.82, 2.24) is 10.6 Å². The molecule has 0 rings (SSSR count). The van der Waals surface area contributed by atoms with Crippen LogP contribution >= 0.6 is 11.8 Å². The van der Waals surface area contributed by atoms with Crippen molar-refractivity contribution in [2.24, 2.45) is 0 Å². The molecule has 0 saturated carbocycles. The fraction of sp³-hybridized carbons (Fsp3) is 0.667. The first-order valence-corrected chi connectivity index (χ1v) is 7.90. The van der Waals surface area contributed by atoms with Crippen molar-refractivity contribution in [3.05, 3.63) is 12.2 Å². The van der Waals surface area contributed by atoms with E-state index >= 15 is 0 Å². The Morgan fingerprint density at radius 1 is 1.00 bits per heavy atom. The Bertz CT molecular complexity index is 410. The molecule has 0 aromatic rings. The predicted octanol–water partition coefficient (Wildman–Crippen LogP) is 2.02. The third kappa shape index (κ3) is 10.1. The number of rotatable bonds is 8. The van der Waals surface area contributed by atoms with Crippen LogP contribution < -0.4 is 10.6 Å². The number of hydrogen-bond donors (Lipinski definition) is 2. The maximum absolute atomic E-state index is 11.6. The smallest absolute Gasteiger partial charge is 0.217 e. The van der Waals surface area contributed by atoms with E-state index in [1.807, 2.05) is 13.8 Å². The molecule has 3 atom stereocenters. The lowest BCUT2D eigenvalue weighted by molar-refractivity contribution is -0.119. The van der Waals surface area contributed by atoms with Crippen molar-refractivity contribution in [2.75, 3.05) is 0 Å². The first-order chi connectivity index (χ1) is 9.61. The quantitative estimate of drug-likeness (QED) is 0.672. The molecule has 120 valence electrons. The number of thioether (sulfide) groups is 1. The Morgan fingerprint density at radius 3 is 1.95 bits per heavy atom. The molecule has 0 spiro atoms. The van der Waals surface area contributed by atoms with Gasteiger partial charge in [-0.05, 0) is 32.3 Å². The standard InChI is InChI=1S/C15H26N2O3S/c1-9(2)15(20)21-11(4)8-14(17-13(6)19)7-10(3)16-12(5)18/h10-11,14H,1,7-8H2,2-6H3,(H,16,18)(H,17,19). The summed E-state index contributed by atoms with van der Waals surface area (Å²) < 4.78 is 0. The van der Waals surface area contributed by atoms with Crippen molar-refractivity contribution in [3.63, 3.8) is 0 Å². The monoisotopic (exact) mass is 314 g/mol. The van der Waals surface area contributed by atoms with E-state index in [2.05, 4.69) is 17.2 Å². The van der Waals surface area contributed by atoms with Gasteiger partial charge in [-0.2, -0.15) is 0 Å². The first kappa shape index (κ1) is 19.7. The van der Waals surface area contributed by atoms with Gasteiger partial charge in [0, 0.05) is 31.2 Å². The summed E-state index contributed by atoms with van der Waals surface area (Å²) >= 11 is 1.23. The molecule has 0 aliphatic heterocycles. The zero-order valence-electron chi connectivity index (χ0n) is 13.5. The largest absolute Gasteiger partial charge is 0.354 e. The van der Waals surface area contributed by atoms with E-state index in [0.29, 0.717) is 18.4 Å². The third-order valence-corrected chi connectivity index (χ3v) is 3.93. The predicted molar refractivity (Wildman–Crippen MR) is 87.0 cm³/mol. The Kier molecular flexibility index (Phi) is 9.01. The highest BCUT2D eigenvalue weighted by molar-refractivity contribution is 8.14. The van der Waals surface area contributed by atoms with Gasteiger partial charge in [0.15, 0.2) is 0 Å². The lowest BCUT2D eigenvalue weighted by Gasteiger charge is -2.24. The van der Waals surface area contributed by atoms with Crippen LogP contribution in [0.5, 0.6) is 0 Å². The lowest BCUT2D eigenvalue weighted by Crippen LogP contribution is -2.41. The molecule has 2 N–H and O–H groups in total. The maximum Gasteiger partial charge on any atom is 0.217 e. The molecule has 0 aromatic heterocycles. The van der Waals surface area contributed by atoms with Crippen molar-refractivity contribution in [3.8, 4) is 0 Å². The molecule has 0 saturated heterocycles. The van der Waals surface area contributed by atoms with Gasteiger partial charge in [0.05, 0.1) is 0 Å². The normalized spacial score (nSPS) is 14.7. The van der Waals surface area contributed by atoms with E-state index < -0.39 is 0 Å². The number of hydrogen-bond acceptors (Lipinski definition) is 4. The van der Waals surface area contributed by atoms with Crippen LogP contribution in [0.1, 0.15) is 47.5 Å². The van der Waals surface area contributed by atoms with Crippen molar-refractivity contribution in [2.45, 2.75) is 64.8 Å². The van der Waals surface area contributed by atoms with Crippen molar-refractivity contribution < 1.29 is 14.4 Å². The van der Waals surface area contributed by atoms with E-state index in [1.165, 1.54) is 25.6 Å². The molecular weight excluding hydrogens is 288 g/mol. The molecule has 0 aliphatic rings. The fourth-order valence-electron chi connectivity index (χ4n) is 2.07. The number of nitrogens with one attached hydrogen (secondary N) is 2. The van der Waals surface area contributed by atoms with Gasteiger partial charge in [0.25, 0.3) is 0 Å². The van der Waals surface area contributed by atoms with Gasteiger partial charge < -0.3 is 10.6 Å². The van der Waals surface area contributed by atoms with Gasteiger partial charge in [-0.3, -0.25) is 14.4 Å². The minimum atomic E-state index is -0.113. The Morgan fingerprint density at radius 2 is 1.52 bits per heavy atom. The van der Waals surface area contributed by atoms with Crippen LogP contribution in [0, 0.1) is 0 Å². The lowest BCUT2D eigenvalue weighted by atomic mass is 10.0. The molecule has 5 nitrogen and oxygen atoms in total. The highest BCUT2D eigenvalue weighted by Gasteiger charge is 2.20. The molecular formula is C15H26N2O3S. The van der Waals surface area contributed by atoms with Gasteiger partial charge in [-0.15, -0.1) is 0 Å². The maximum atomic E-state index is 11.6. The summed E-state index contributed by atoms with van der Waals surface area (Å²) in [6.45, 7) is 12.1. The van der Waals surface area contributed by atoms with E-state index in [9.17, 15) is 14.4 Å². The Balaban J connectivity index is 4.53. The second kappa shape index (κ2) is 9.60. The van der Waals surface area contributed by atoms with E-state index in [1.54, 1.807) is 6.92 Å². The minimum absolute atomic E-state index is 0.0287. The molecule has 21 heavy (non-hydrogen) atoms. The first-order valence-electron chi connectivity index (χ1n) is 7.02. The molecule has 0 radical (unpaired) electrons. The zero-order chi connectivity index (χ0) is 16.6. The van der Waals surface area contributed by atoms with E-state index in [0.717, 1.165) is 0 Å². The summed E-state index contributed by atoms with van der Waals surface area (Å²) in [5, 5.41) is 5.72. The van der Waals surface area contributed by atoms with Gasteiger partial charge >= 0.3 is 0 Å². The van der Waals surface area contributed by atoms with Crippen molar-refractivity contribution >= 4 is 28.7 Å². The molecule has 0 fully saturated rings. The molecule has 0 aliphatic carbocycles. The SMILES string of the molecule is C=C(C)C(=O)SC(C)CC(CC(C)NC(C)=O)NC(C)=O. The average Bonchev–Trinajstić information content (AvgIpc) is 2.25. The van der Waals surface area contributed by atoms with E-state index in [-0.39, 0.29) is 34.3 Å². The molecule has 2 amide bonds. The summed E-state index contributed by atoms with van der Waals surface area (Å²) in [4.78, 5) is 34.0. The summed E-state index contributed by atoms with van der Waals surface area (Å²) in [7, 11) is 0. The van der Waals surface area contributed by atoms with E-state index in [4.69, 9.17) is 0 Å². The summed E-state index contributed by atoms with van der Waals surface area (Å²) in [5.41, 5.74) is 0.523. The highest BCUT2D eigenvalue weighted by atomic mass is 32.2. The third-order valence-electron chi connectivity index (χ3n) is 2.77. The molecule has 0 aromatic carbocycles. The Hall–Kier alpha value is -1.30. The van der Waals surface area contributed by atoms with Crippen molar-refractivity contribution in [1.29, 1.82) is 0 Å². The van der Waals surface area contributed by atoms with Crippen LogP contribution in [0.3, 0.4) is 0 Å². The summed E-state index contributed by atoms with van der Waals surface area (Å²) in [5.74, 6) is -0.206. The molecule has 0 bridgehead atoms. The number of carbonyl (C=O) groups excluding carboxylic acids is 3. The number of carbonyl (C=O) groups is 3. The summed E-state index contributed by atoms with van der Waals surface area (Å²) in [6.07, 6.45) is 1.29. The van der Waals surface area contributed by atoms with Crippen LogP contribution in [-0.2, 0) is 14.4 Å². The second-order valence-electron chi connectivity index (χ2n) is 5.47. The summed E-state index contributed by atoms with van der Waals surface area (Å²) in [6, 6.07) is -0.113. The molecule has 0 heterocycles. The van der Waals surface area contributed by atoms with Crippen LogP contribution in [-0.4, -0.2) is 34.3 Å². The van der Waals surface area contributed by atoms with Gasteiger partial charge in [0.2, 0.25) is 16.9 Å². The van der Waals surface area contributed by atoms with Crippen LogP contribution in [0.15, 0.2) is 12.2 Å². The van der Waals surface area contributed by atoms with Crippen LogP contribution in [0.2, 0.25) is 0 Å². The molecule has 3 unspecified atom stereocenters. The number of amides is 2. The zero-order valence-corrected chi connectivity index (χ0v) is 14.3. The topological polar surface area (TPSA) is 75.3 Å². The fourth-order valence-corrected chi connectivity index (χ4v) is 2.96. The highest BCUT2D eigenvalue weighted by Crippen LogP contribution is 2.21. The molecule has 6 heteroatoms. The van der Waals surface area contributed by atoms with Crippen LogP contribution in [0.4, 0.5) is 0 Å². The van der Waals surface area contributed by atoms with Gasteiger partial charge in [-0.1, -0.05) is 25.3 Å². The van der Waals surface area contributed by atoms with Gasteiger partial charge in [-0.25, -0.2) is 0 Å².